The number of benzene rings is 2. The maximum absolute atomic E-state index is 12.2. The molecule has 0 atom stereocenters. The van der Waals surface area contributed by atoms with Gasteiger partial charge in [-0.05, 0) is 35.7 Å². The maximum atomic E-state index is 12.2. The minimum Gasteiger partial charge on any atom is -0.398 e. The molecule has 0 spiro atoms. The molecule has 0 aromatic heterocycles. The number of rotatable bonds is 2. The van der Waals surface area contributed by atoms with Crippen molar-refractivity contribution in [3.8, 4) is 0 Å². The van der Waals surface area contributed by atoms with E-state index in [1.165, 1.54) is 5.56 Å². The summed E-state index contributed by atoms with van der Waals surface area (Å²) in [6, 6.07) is 13.9. The highest BCUT2D eigenvalue weighted by Gasteiger charge is 2.24. The molecule has 20 heavy (non-hydrogen) atoms. The van der Waals surface area contributed by atoms with Crippen LogP contribution in [-0.4, -0.2) is 5.91 Å². The fraction of sp³-hybridized carbons (Fsp3) is 0.188. The minimum atomic E-state index is 0.158. The zero-order chi connectivity index (χ0) is 14.1. The van der Waals surface area contributed by atoms with Crippen LogP contribution in [0.15, 0.2) is 46.9 Å². The molecule has 0 fully saturated rings. The fourth-order valence-corrected chi connectivity index (χ4v) is 2.93. The van der Waals surface area contributed by atoms with E-state index in [1.54, 1.807) is 0 Å². The predicted octanol–water partition coefficient (Wildman–Crippen LogP) is 3.51. The lowest BCUT2D eigenvalue weighted by Crippen LogP contribution is -2.34. The van der Waals surface area contributed by atoms with Crippen LogP contribution in [0.25, 0.3) is 0 Å². The second-order valence-corrected chi connectivity index (χ2v) is 5.87. The number of para-hydroxylation sites is 1. The first kappa shape index (κ1) is 13.2. The second-order valence-electron chi connectivity index (χ2n) is 4.95. The summed E-state index contributed by atoms with van der Waals surface area (Å²) in [6.45, 7) is 0.523. The monoisotopic (exact) mass is 330 g/mol. The number of carbonyl (C=O) groups is 1. The Bertz CT molecular complexity index is 669. The number of carbonyl (C=O) groups excluding carboxylic acids is 1. The van der Waals surface area contributed by atoms with Crippen LogP contribution in [0.4, 0.5) is 11.4 Å². The molecule has 0 saturated heterocycles. The average molecular weight is 331 g/mol. The summed E-state index contributed by atoms with van der Waals surface area (Å²) in [7, 11) is 0. The number of amides is 1. The first-order valence-electron chi connectivity index (χ1n) is 6.57. The first-order chi connectivity index (χ1) is 9.65. The number of hydrogen-bond acceptors (Lipinski definition) is 2. The molecule has 3 nitrogen and oxygen atoms in total. The van der Waals surface area contributed by atoms with E-state index >= 15 is 0 Å². The topological polar surface area (TPSA) is 46.3 Å². The van der Waals surface area contributed by atoms with E-state index in [4.69, 9.17) is 5.73 Å². The largest absolute Gasteiger partial charge is 0.398 e. The molecule has 2 aromatic carbocycles. The van der Waals surface area contributed by atoms with E-state index in [1.807, 2.05) is 41.3 Å². The van der Waals surface area contributed by atoms with Gasteiger partial charge in [0.15, 0.2) is 0 Å². The third-order valence-corrected chi connectivity index (χ3v) is 4.12. The van der Waals surface area contributed by atoms with Gasteiger partial charge in [0.05, 0.1) is 6.54 Å². The van der Waals surface area contributed by atoms with Crippen molar-refractivity contribution in [2.45, 2.75) is 19.4 Å². The van der Waals surface area contributed by atoms with Gasteiger partial charge in [-0.1, -0.05) is 40.2 Å². The van der Waals surface area contributed by atoms with Crippen LogP contribution in [0.3, 0.4) is 0 Å². The van der Waals surface area contributed by atoms with Gasteiger partial charge in [-0.3, -0.25) is 4.79 Å². The Morgan fingerprint density at radius 2 is 1.95 bits per heavy atom. The molecule has 0 radical (unpaired) electrons. The van der Waals surface area contributed by atoms with E-state index in [2.05, 4.69) is 22.0 Å². The number of hydrogen-bond donors (Lipinski definition) is 1. The van der Waals surface area contributed by atoms with Crippen molar-refractivity contribution in [1.82, 2.24) is 0 Å². The number of fused-ring (bicyclic) bond motifs is 1. The van der Waals surface area contributed by atoms with Crippen LogP contribution in [0, 0.1) is 0 Å². The molecule has 0 aliphatic carbocycles. The van der Waals surface area contributed by atoms with Gasteiger partial charge in [0.1, 0.15) is 0 Å². The maximum Gasteiger partial charge on any atom is 0.227 e. The lowest BCUT2D eigenvalue weighted by atomic mass is 10.0. The number of aryl methyl sites for hydroxylation is 1. The normalized spacial score (nSPS) is 14.2. The molecule has 0 bridgehead atoms. The number of anilines is 2. The summed E-state index contributed by atoms with van der Waals surface area (Å²) in [5, 5.41) is 0. The zero-order valence-corrected chi connectivity index (χ0v) is 12.6. The predicted molar refractivity (Wildman–Crippen MR) is 84.5 cm³/mol. The lowest BCUT2D eigenvalue weighted by Gasteiger charge is -2.29. The number of nitrogen functional groups attached to an aromatic ring is 1. The third kappa shape index (κ3) is 2.43. The molecule has 0 saturated carbocycles. The molecular weight excluding hydrogens is 316 g/mol. The highest BCUT2D eigenvalue weighted by Crippen LogP contribution is 2.30. The number of halogens is 1. The molecule has 1 heterocycles. The van der Waals surface area contributed by atoms with Crippen molar-refractivity contribution in [1.29, 1.82) is 0 Å². The van der Waals surface area contributed by atoms with Crippen LogP contribution in [0.5, 0.6) is 0 Å². The van der Waals surface area contributed by atoms with Crippen molar-refractivity contribution >= 4 is 33.2 Å². The number of nitrogens with zero attached hydrogens (tertiary/aromatic N) is 1. The summed E-state index contributed by atoms with van der Waals surface area (Å²) in [4.78, 5) is 14.0. The molecule has 2 aromatic rings. The molecular formula is C16H15BrN2O. The van der Waals surface area contributed by atoms with E-state index in [0.717, 1.165) is 22.1 Å². The van der Waals surface area contributed by atoms with Gasteiger partial charge < -0.3 is 10.6 Å². The third-order valence-electron chi connectivity index (χ3n) is 3.63. The Hall–Kier alpha value is -1.81. The van der Waals surface area contributed by atoms with Crippen LogP contribution < -0.4 is 10.6 Å². The highest BCUT2D eigenvalue weighted by atomic mass is 79.9. The quantitative estimate of drug-likeness (QED) is 0.856. The van der Waals surface area contributed by atoms with Crippen LogP contribution in [0.1, 0.15) is 17.5 Å². The Kier molecular flexibility index (Phi) is 3.49. The second kappa shape index (κ2) is 5.29. The van der Waals surface area contributed by atoms with Crippen molar-refractivity contribution in [3.05, 3.63) is 58.1 Å². The Morgan fingerprint density at radius 3 is 2.75 bits per heavy atom. The molecule has 3 rings (SSSR count). The van der Waals surface area contributed by atoms with Crippen molar-refractivity contribution in [2.24, 2.45) is 0 Å². The molecule has 2 N–H and O–H groups in total. The average Bonchev–Trinajstić information content (AvgIpc) is 2.44. The van der Waals surface area contributed by atoms with E-state index in [9.17, 15) is 4.79 Å². The first-order valence-corrected chi connectivity index (χ1v) is 7.36. The van der Waals surface area contributed by atoms with Gasteiger partial charge in [0.2, 0.25) is 5.91 Å². The number of nitrogens with two attached hydrogens (primary N) is 1. The smallest absolute Gasteiger partial charge is 0.227 e. The molecule has 102 valence electrons. The van der Waals surface area contributed by atoms with Crippen LogP contribution in [-0.2, 0) is 17.8 Å². The molecule has 1 aliphatic rings. The summed E-state index contributed by atoms with van der Waals surface area (Å²) in [5.74, 6) is 0.158. The SMILES string of the molecule is Nc1cc(Br)ccc1CN1C(=O)CCc2ccccc21. The van der Waals surface area contributed by atoms with E-state index < -0.39 is 0 Å². The fourth-order valence-electron chi connectivity index (χ4n) is 2.55. The van der Waals surface area contributed by atoms with Gasteiger partial charge in [0.25, 0.3) is 0 Å². The molecule has 0 unspecified atom stereocenters. The van der Waals surface area contributed by atoms with Crippen molar-refractivity contribution in [2.75, 3.05) is 10.6 Å². The van der Waals surface area contributed by atoms with E-state index in [0.29, 0.717) is 18.7 Å². The van der Waals surface area contributed by atoms with Gasteiger partial charge in [-0.25, -0.2) is 0 Å². The highest BCUT2D eigenvalue weighted by molar-refractivity contribution is 9.10. The van der Waals surface area contributed by atoms with Crippen molar-refractivity contribution in [3.63, 3.8) is 0 Å². The van der Waals surface area contributed by atoms with Gasteiger partial charge in [-0.15, -0.1) is 0 Å². The van der Waals surface area contributed by atoms with E-state index in [-0.39, 0.29) is 5.91 Å². The Morgan fingerprint density at radius 1 is 1.15 bits per heavy atom. The van der Waals surface area contributed by atoms with Gasteiger partial charge in [-0.2, -0.15) is 0 Å². The van der Waals surface area contributed by atoms with Gasteiger partial charge >= 0.3 is 0 Å². The van der Waals surface area contributed by atoms with Crippen LogP contribution in [0.2, 0.25) is 0 Å². The Balaban J connectivity index is 1.95. The van der Waals surface area contributed by atoms with Crippen LogP contribution >= 0.6 is 15.9 Å². The zero-order valence-electron chi connectivity index (χ0n) is 11.0. The molecule has 4 heteroatoms. The summed E-state index contributed by atoms with van der Waals surface area (Å²) in [6.07, 6.45) is 1.38. The molecule has 1 aliphatic heterocycles. The lowest BCUT2D eigenvalue weighted by molar-refractivity contribution is -0.119. The standard InChI is InChI=1S/C16H15BrN2O/c17-13-7-5-12(14(18)9-13)10-19-15-4-2-1-3-11(15)6-8-16(19)20/h1-5,7,9H,6,8,10,18H2. The van der Waals surface area contributed by atoms with Gasteiger partial charge in [0, 0.05) is 22.3 Å². The molecule has 1 amide bonds. The Labute approximate surface area is 126 Å². The summed E-state index contributed by atoms with van der Waals surface area (Å²) < 4.78 is 0.948. The van der Waals surface area contributed by atoms with Crippen molar-refractivity contribution < 1.29 is 4.79 Å². The summed E-state index contributed by atoms with van der Waals surface area (Å²) in [5.41, 5.74) is 9.94. The minimum absolute atomic E-state index is 0.158. The summed E-state index contributed by atoms with van der Waals surface area (Å²) >= 11 is 3.40.